The molecule has 0 aromatic heterocycles. The van der Waals surface area contributed by atoms with Gasteiger partial charge in [-0.15, -0.1) is 0 Å². The molecule has 8 heteroatoms. The van der Waals surface area contributed by atoms with Crippen LogP contribution in [0, 0.1) is 0 Å². The number of fused-ring (bicyclic) bond motifs is 1. The van der Waals surface area contributed by atoms with Crippen LogP contribution >= 0.6 is 0 Å². The fourth-order valence-corrected chi connectivity index (χ4v) is 5.16. The molecule has 144 valence electrons. The second kappa shape index (κ2) is 7.56. The zero-order chi connectivity index (χ0) is 19.5. The monoisotopic (exact) mass is 391 g/mol. The molecule has 1 amide bonds. The molecule has 0 saturated carbocycles. The molecule has 1 fully saturated rings. The molecule has 0 radical (unpaired) electrons. The molecule has 1 aliphatic rings. The summed E-state index contributed by atoms with van der Waals surface area (Å²) >= 11 is 0. The summed E-state index contributed by atoms with van der Waals surface area (Å²) in [5.41, 5.74) is -0.816. The summed E-state index contributed by atoms with van der Waals surface area (Å²) in [6, 6.07) is 13.2. The predicted octanol–water partition coefficient (Wildman–Crippen LogP) is 1.46. The minimum atomic E-state index is -3.13. The first-order valence-corrected chi connectivity index (χ1v) is 10.4. The lowest BCUT2D eigenvalue weighted by Crippen LogP contribution is -2.48. The van der Waals surface area contributed by atoms with E-state index in [0.717, 1.165) is 10.8 Å². The summed E-state index contributed by atoms with van der Waals surface area (Å²) in [6.07, 6.45) is 0.347. The Morgan fingerprint density at radius 2 is 1.85 bits per heavy atom. The van der Waals surface area contributed by atoms with Gasteiger partial charge >= 0.3 is 5.97 Å². The van der Waals surface area contributed by atoms with Gasteiger partial charge in [0.05, 0.1) is 17.0 Å². The van der Waals surface area contributed by atoms with Gasteiger partial charge in [-0.3, -0.25) is 4.79 Å². The van der Waals surface area contributed by atoms with Crippen molar-refractivity contribution in [2.75, 3.05) is 24.7 Å². The van der Waals surface area contributed by atoms with Gasteiger partial charge in [-0.1, -0.05) is 30.3 Å². The van der Waals surface area contributed by atoms with E-state index in [0.29, 0.717) is 12.2 Å². The number of benzene rings is 2. The molecule has 2 aromatic rings. The molecule has 2 aromatic carbocycles. The molecule has 0 bridgehead atoms. The fourth-order valence-electron chi connectivity index (χ4n) is 3.07. The topological polar surface area (TPSA) is 98.8 Å². The average Bonchev–Trinajstić information content (AvgIpc) is 2.90. The van der Waals surface area contributed by atoms with Crippen LogP contribution in [0.25, 0.3) is 10.8 Å². The smallest absolute Gasteiger partial charge is 0.344 e. The van der Waals surface area contributed by atoms with Crippen molar-refractivity contribution in [2.24, 2.45) is 0 Å². The lowest BCUT2D eigenvalue weighted by atomic mass is 10.0. The SMILES string of the molecule is C[C@]1(NC(=O)COC(=O)COc2ccc3ccccc3c2)CCS(=O)(=O)C1. The van der Waals surface area contributed by atoms with Gasteiger partial charge in [0.25, 0.3) is 5.91 Å². The summed E-state index contributed by atoms with van der Waals surface area (Å²) in [5, 5.41) is 4.67. The third kappa shape index (κ3) is 5.19. The zero-order valence-corrected chi connectivity index (χ0v) is 15.8. The second-order valence-corrected chi connectivity index (χ2v) is 9.09. The van der Waals surface area contributed by atoms with E-state index in [1.807, 2.05) is 36.4 Å². The molecule has 1 aliphatic heterocycles. The van der Waals surface area contributed by atoms with Gasteiger partial charge in [0.1, 0.15) is 5.75 Å². The first-order valence-electron chi connectivity index (χ1n) is 8.53. The number of nitrogens with one attached hydrogen (secondary N) is 1. The number of hydrogen-bond acceptors (Lipinski definition) is 6. The number of rotatable bonds is 6. The van der Waals surface area contributed by atoms with Crippen molar-refractivity contribution >= 4 is 32.5 Å². The number of carbonyl (C=O) groups excluding carboxylic acids is 2. The van der Waals surface area contributed by atoms with Crippen molar-refractivity contribution in [1.82, 2.24) is 5.32 Å². The summed E-state index contributed by atoms with van der Waals surface area (Å²) in [7, 11) is -3.13. The number of ether oxygens (including phenoxy) is 2. The van der Waals surface area contributed by atoms with Crippen LogP contribution in [-0.4, -0.2) is 50.6 Å². The standard InChI is InChI=1S/C19H21NO6S/c1-19(8-9-27(23,24)13-19)20-17(21)11-26-18(22)12-25-16-7-6-14-4-2-3-5-15(14)10-16/h2-7,10H,8-9,11-13H2,1H3,(H,20,21)/t19-/m0/s1. The summed E-state index contributed by atoms with van der Waals surface area (Å²) in [4.78, 5) is 23.7. The molecule has 0 unspecified atom stereocenters. The summed E-state index contributed by atoms with van der Waals surface area (Å²) in [5.74, 6) is -0.747. The molecule has 1 heterocycles. The number of carbonyl (C=O) groups is 2. The van der Waals surface area contributed by atoms with Crippen LogP contribution < -0.4 is 10.1 Å². The fraction of sp³-hybridized carbons (Fsp3) is 0.368. The van der Waals surface area contributed by atoms with E-state index in [9.17, 15) is 18.0 Å². The van der Waals surface area contributed by atoms with E-state index in [1.54, 1.807) is 13.0 Å². The van der Waals surface area contributed by atoms with E-state index in [2.05, 4.69) is 5.32 Å². The van der Waals surface area contributed by atoms with Gasteiger partial charge in [0.15, 0.2) is 23.1 Å². The highest BCUT2D eigenvalue weighted by Gasteiger charge is 2.39. The van der Waals surface area contributed by atoms with E-state index < -0.39 is 33.9 Å². The Labute approximate surface area is 157 Å². The quantitative estimate of drug-likeness (QED) is 0.749. The first-order chi connectivity index (χ1) is 12.7. The van der Waals surface area contributed by atoms with Gasteiger partial charge in [-0.2, -0.15) is 0 Å². The summed E-state index contributed by atoms with van der Waals surface area (Å²) < 4.78 is 33.4. The molecule has 1 saturated heterocycles. The molecule has 0 spiro atoms. The molecular formula is C19H21NO6S. The highest BCUT2D eigenvalue weighted by molar-refractivity contribution is 7.91. The van der Waals surface area contributed by atoms with Crippen LogP contribution in [0.15, 0.2) is 42.5 Å². The van der Waals surface area contributed by atoms with Crippen LogP contribution in [-0.2, 0) is 24.2 Å². The van der Waals surface area contributed by atoms with Gasteiger partial charge in [-0.05, 0) is 36.2 Å². The Bertz CT molecular complexity index is 971. The van der Waals surface area contributed by atoms with Crippen molar-refractivity contribution in [3.05, 3.63) is 42.5 Å². The molecule has 27 heavy (non-hydrogen) atoms. The van der Waals surface area contributed by atoms with E-state index in [4.69, 9.17) is 9.47 Å². The van der Waals surface area contributed by atoms with Crippen LogP contribution in [0.5, 0.6) is 5.75 Å². The van der Waals surface area contributed by atoms with Crippen molar-refractivity contribution < 1.29 is 27.5 Å². The second-order valence-electron chi connectivity index (χ2n) is 6.91. The maximum Gasteiger partial charge on any atom is 0.344 e. The molecule has 3 rings (SSSR count). The van der Waals surface area contributed by atoms with E-state index >= 15 is 0 Å². The number of amides is 1. The number of sulfone groups is 1. The largest absolute Gasteiger partial charge is 0.482 e. The molecule has 1 atom stereocenters. The van der Waals surface area contributed by atoms with Gasteiger partial charge < -0.3 is 14.8 Å². The van der Waals surface area contributed by atoms with Crippen LogP contribution in [0.2, 0.25) is 0 Å². The average molecular weight is 391 g/mol. The minimum Gasteiger partial charge on any atom is -0.482 e. The number of hydrogen-bond donors (Lipinski definition) is 1. The Kier molecular flexibility index (Phi) is 5.36. The van der Waals surface area contributed by atoms with E-state index in [1.165, 1.54) is 0 Å². The zero-order valence-electron chi connectivity index (χ0n) is 14.9. The van der Waals surface area contributed by atoms with Crippen molar-refractivity contribution in [3.8, 4) is 5.75 Å². The van der Waals surface area contributed by atoms with Crippen molar-refractivity contribution in [3.63, 3.8) is 0 Å². The first kappa shape index (κ1) is 19.2. The van der Waals surface area contributed by atoms with Gasteiger partial charge in [0.2, 0.25) is 0 Å². The third-order valence-electron chi connectivity index (χ3n) is 4.39. The number of esters is 1. The van der Waals surface area contributed by atoms with Crippen LogP contribution in [0.3, 0.4) is 0 Å². The molecule has 7 nitrogen and oxygen atoms in total. The maximum atomic E-state index is 11.9. The van der Waals surface area contributed by atoms with Gasteiger partial charge in [-0.25, -0.2) is 13.2 Å². The highest BCUT2D eigenvalue weighted by Crippen LogP contribution is 2.23. The Hall–Kier alpha value is -2.61. The minimum absolute atomic E-state index is 0.0448. The lowest BCUT2D eigenvalue weighted by molar-refractivity contribution is -0.150. The highest BCUT2D eigenvalue weighted by atomic mass is 32.2. The maximum absolute atomic E-state index is 11.9. The molecular weight excluding hydrogens is 370 g/mol. The van der Waals surface area contributed by atoms with Crippen LogP contribution in [0.4, 0.5) is 0 Å². The summed E-state index contributed by atoms with van der Waals surface area (Å²) in [6.45, 7) is 0.868. The normalized spacial score (nSPS) is 20.9. The molecule has 1 N–H and O–H groups in total. The molecule has 0 aliphatic carbocycles. The van der Waals surface area contributed by atoms with Crippen LogP contribution in [0.1, 0.15) is 13.3 Å². The Balaban J connectivity index is 1.44. The Morgan fingerprint density at radius 3 is 2.56 bits per heavy atom. The Morgan fingerprint density at radius 1 is 1.11 bits per heavy atom. The lowest BCUT2D eigenvalue weighted by Gasteiger charge is -2.23. The van der Waals surface area contributed by atoms with Gasteiger partial charge in [0, 0.05) is 0 Å². The van der Waals surface area contributed by atoms with Crippen molar-refractivity contribution in [2.45, 2.75) is 18.9 Å². The van der Waals surface area contributed by atoms with Crippen molar-refractivity contribution in [1.29, 1.82) is 0 Å². The predicted molar refractivity (Wildman–Crippen MR) is 100 cm³/mol. The third-order valence-corrected chi connectivity index (χ3v) is 6.29. The van der Waals surface area contributed by atoms with E-state index in [-0.39, 0.29) is 18.1 Å².